The van der Waals surface area contributed by atoms with E-state index in [1.807, 2.05) is 25.2 Å². The van der Waals surface area contributed by atoms with Gasteiger partial charge in [0.25, 0.3) is 5.91 Å². The number of piperidine rings is 1. The Morgan fingerprint density at radius 2 is 2.05 bits per heavy atom. The van der Waals surface area contributed by atoms with Crippen molar-refractivity contribution in [2.75, 3.05) is 13.1 Å². The highest BCUT2D eigenvalue weighted by molar-refractivity contribution is 5.95. The molecule has 0 bridgehead atoms. The first-order valence-corrected chi connectivity index (χ1v) is 14.2. The summed E-state index contributed by atoms with van der Waals surface area (Å²) in [6.45, 7) is 3.01. The summed E-state index contributed by atoms with van der Waals surface area (Å²) in [6.07, 6.45) is 13.6. The summed E-state index contributed by atoms with van der Waals surface area (Å²) >= 11 is 0. The highest BCUT2D eigenvalue weighted by Gasteiger charge is 2.26. The van der Waals surface area contributed by atoms with Crippen molar-refractivity contribution < 1.29 is 28.9 Å². The van der Waals surface area contributed by atoms with Crippen LogP contribution in [0.2, 0.25) is 0 Å². The lowest BCUT2D eigenvalue weighted by molar-refractivity contribution is -0.138. The number of rotatable bonds is 10. The predicted molar refractivity (Wildman–Crippen MR) is 155 cm³/mol. The Morgan fingerprint density at radius 3 is 2.79 bits per heavy atom. The minimum Gasteiger partial charge on any atom is -0.481 e. The first-order valence-electron chi connectivity index (χ1n) is 14.2. The molecule has 10 nitrogen and oxygen atoms in total. The molecular weight excluding hydrogens is 541 g/mol. The first kappa shape index (κ1) is 29.4. The molecule has 3 aliphatic rings. The van der Waals surface area contributed by atoms with Crippen LogP contribution in [0.25, 0.3) is 11.4 Å². The number of aliphatic hydroxyl groups is 1. The lowest BCUT2D eigenvalue weighted by Crippen LogP contribution is -2.51. The molecule has 2 aliphatic carbocycles. The van der Waals surface area contributed by atoms with Gasteiger partial charge in [0.05, 0.1) is 23.0 Å². The minimum absolute atomic E-state index is 0.0908. The number of allylic oxidation sites excluding steroid dienone is 3. The van der Waals surface area contributed by atoms with E-state index in [2.05, 4.69) is 20.6 Å². The lowest BCUT2D eigenvalue weighted by Gasteiger charge is -2.31. The summed E-state index contributed by atoms with van der Waals surface area (Å²) in [5, 5.41) is 25.3. The van der Waals surface area contributed by atoms with Gasteiger partial charge in [-0.3, -0.25) is 25.2 Å². The molecule has 0 radical (unpaired) electrons. The fourth-order valence-electron chi connectivity index (χ4n) is 5.40. The van der Waals surface area contributed by atoms with Crippen molar-refractivity contribution in [3.63, 3.8) is 0 Å². The van der Waals surface area contributed by atoms with Crippen LogP contribution >= 0.6 is 0 Å². The van der Waals surface area contributed by atoms with Gasteiger partial charge in [0.2, 0.25) is 0 Å². The topological polar surface area (TPSA) is 140 Å². The van der Waals surface area contributed by atoms with Gasteiger partial charge in [-0.15, -0.1) is 0 Å². The molecule has 3 unspecified atom stereocenters. The van der Waals surface area contributed by atoms with Gasteiger partial charge in [0.1, 0.15) is 17.3 Å². The average molecular weight is 578 g/mol. The minimum atomic E-state index is -1.07. The zero-order valence-corrected chi connectivity index (χ0v) is 23.4. The molecule has 11 heteroatoms. The molecule has 5 rings (SSSR count). The van der Waals surface area contributed by atoms with Crippen molar-refractivity contribution in [3.05, 3.63) is 83.7 Å². The molecule has 0 spiro atoms. The van der Waals surface area contributed by atoms with Gasteiger partial charge in [-0.25, -0.2) is 4.39 Å². The molecule has 42 heavy (non-hydrogen) atoms. The Bertz CT molecular complexity index is 1420. The molecule has 1 saturated heterocycles. The van der Waals surface area contributed by atoms with Crippen molar-refractivity contribution in [1.82, 2.24) is 25.5 Å². The van der Waals surface area contributed by atoms with Crippen LogP contribution in [0, 0.1) is 5.92 Å². The Kier molecular flexibility index (Phi) is 9.31. The molecule has 1 aliphatic heterocycles. The predicted octanol–water partition coefficient (Wildman–Crippen LogP) is 4.02. The number of likely N-dealkylation sites (tertiary alicyclic amines) is 1. The van der Waals surface area contributed by atoms with E-state index in [0.29, 0.717) is 67.2 Å². The van der Waals surface area contributed by atoms with Gasteiger partial charge in [0, 0.05) is 44.0 Å². The van der Waals surface area contributed by atoms with E-state index in [1.54, 1.807) is 41.6 Å². The van der Waals surface area contributed by atoms with E-state index >= 15 is 0 Å². The van der Waals surface area contributed by atoms with E-state index < -0.39 is 18.4 Å². The summed E-state index contributed by atoms with van der Waals surface area (Å²) < 4.78 is 20.1. The second-order valence-electron chi connectivity index (χ2n) is 11.0. The normalized spacial score (nSPS) is 21.8. The smallest absolute Gasteiger partial charge is 0.303 e. The van der Waals surface area contributed by atoms with Crippen molar-refractivity contribution in [2.24, 2.45) is 5.92 Å². The number of ether oxygens (including phenoxy) is 1. The monoisotopic (exact) mass is 577 g/mol. The number of carbonyl (C=O) groups is 2. The lowest BCUT2D eigenvalue weighted by atomic mass is 9.93. The van der Waals surface area contributed by atoms with Crippen LogP contribution in [0.4, 0.5) is 4.39 Å². The van der Waals surface area contributed by atoms with Crippen LogP contribution in [-0.4, -0.2) is 68.5 Å². The van der Waals surface area contributed by atoms with Gasteiger partial charge in [-0.2, -0.15) is 0 Å². The second kappa shape index (κ2) is 13.3. The van der Waals surface area contributed by atoms with Gasteiger partial charge >= 0.3 is 5.97 Å². The van der Waals surface area contributed by atoms with Gasteiger partial charge < -0.3 is 24.8 Å². The van der Waals surface area contributed by atoms with E-state index in [1.165, 1.54) is 6.08 Å². The standard InChI is InChI=1S/C31H36FN5O5/c1-19-2-7-25(32)26(14-19)36-31(41)35-22-3-5-23(6-4-22)42-24-8-11-33-28(17-24)27-16-21(18-34-27)30(40)37-12-9-20(10-13-37)15-29(38)39/h2-3,5-8,11,16-18,20,22,26,31,34-36,41H,4,9-10,12-15H2,1H3,(H,38,39). The fourth-order valence-corrected chi connectivity index (χ4v) is 5.40. The molecule has 5 N–H and O–H groups in total. The Labute approximate surface area is 243 Å². The van der Waals surface area contributed by atoms with Crippen molar-refractivity contribution in [1.29, 1.82) is 0 Å². The molecule has 0 saturated carbocycles. The number of carboxylic acids is 1. The maximum atomic E-state index is 14.0. The van der Waals surface area contributed by atoms with Crippen LogP contribution in [0.1, 0.15) is 49.4 Å². The molecule has 1 amide bonds. The molecule has 3 atom stereocenters. The van der Waals surface area contributed by atoms with Crippen LogP contribution in [-0.2, 0) is 4.79 Å². The molecule has 3 heterocycles. The molecular formula is C31H36FN5O5. The Morgan fingerprint density at radius 1 is 1.24 bits per heavy atom. The zero-order valence-electron chi connectivity index (χ0n) is 23.4. The first-order chi connectivity index (χ1) is 20.2. The van der Waals surface area contributed by atoms with Crippen LogP contribution in [0.15, 0.2) is 78.1 Å². The number of amides is 1. The van der Waals surface area contributed by atoms with Crippen molar-refractivity contribution in [3.8, 4) is 17.1 Å². The van der Waals surface area contributed by atoms with Crippen molar-refractivity contribution in [2.45, 2.75) is 57.5 Å². The third-order valence-corrected chi connectivity index (χ3v) is 7.72. The quantitative estimate of drug-likeness (QED) is 0.267. The van der Waals surface area contributed by atoms with E-state index in [-0.39, 0.29) is 30.1 Å². The highest BCUT2D eigenvalue weighted by Crippen LogP contribution is 2.26. The molecule has 1 fully saturated rings. The molecule has 0 aromatic carbocycles. The summed E-state index contributed by atoms with van der Waals surface area (Å²) in [5.41, 5.74) is 2.87. The number of aromatic amines is 1. The summed E-state index contributed by atoms with van der Waals surface area (Å²) in [5.74, 6) is 0.139. The number of nitrogens with one attached hydrogen (secondary N) is 3. The molecule has 2 aromatic rings. The highest BCUT2D eigenvalue weighted by atomic mass is 19.1. The number of carboxylic acid groups (broad SMARTS) is 1. The molecule has 222 valence electrons. The van der Waals surface area contributed by atoms with E-state index in [4.69, 9.17) is 9.84 Å². The number of hydrogen-bond donors (Lipinski definition) is 5. The zero-order chi connectivity index (χ0) is 29.6. The average Bonchev–Trinajstić information content (AvgIpc) is 3.47. The SMILES string of the molecule is CC1=CC=C(F)C(NC(O)NC2C=CC(Oc3ccnc(-c4cc(C(=O)N5CCC(CC(=O)O)CC5)c[nH]4)c3)=CC2)C1. The Hall–Kier alpha value is -4.06. The van der Waals surface area contributed by atoms with E-state index in [9.17, 15) is 19.1 Å². The van der Waals surface area contributed by atoms with Crippen LogP contribution in [0.5, 0.6) is 5.75 Å². The number of hydrogen-bond acceptors (Lipinski definition) is 7. The number of aliphatic hydroxyl groups excluding tert-OH is 1. The number of nitrogens with zero attached hydrogens (tertiary/aromatic N) is 2. The number of carbonyl (C=O) groups excluding carboxylic acids is 1. The summed E-state index contributed by atoms with van der Waals surface area (Å²) in [6, 6.07) is 4.58. The Balaban J connectivity index is 1.12. The summed E-state index contributed by atoms with van der Waals surface area (Å²) in [7, 11) is 0. The number of H-pyrrole nitrogens is 1. The number of pyridine rings is 1. The second-order valence-corrected chi connectivity index (χ2v) is 11.0. The number of halogens is 1. The third kappa shape index (κ3) is 7.61. The van der Waals surface area contributed by atoms with Crippen LogP contribution in [0.3, 0.4) is 0 Å². The van der Waals surface area contributed by atoms with Crippen molar-refractivity contribution >= 4 is 11.9 Å². The van der Waals surface area contributed by atoms with E-state index in [0.717, 1.165) is 5.57 Å². The maximum absolute atomic E-state index is 14.0. The fraction of sp³-hybridized carbons (Fsp3) is 0.387. The largest absolute Gasteiger partial charge is 0.481 e. The van der Waals surface area contributed by atoms with Gasteiger partial charge in [-0.1, -0.05) is 17.7 Å². The number of aliphatic carboxylic acids is 1. The number of aromatic nitrogens is 2. The van der Waals surface area contributed by atoms with Gasteiger partial charge in [-0.05, 0) is 68.9 Å². The molecule has 2 aromatic heterocycles. The van der Waals surface area contributed by atoms with Crippen LogP contribution < -0.4 is 15.4 Å². The summed E-state index contributed by atoms with van der Waals surface area (Å²) in [4.78, 5) is 33.3. The third-order valence-electron chi connectivity index (χ3n) is 7.72. The maximum Gasteiger partial charge on any atom is 0.303 e. The van der Waals surface area contributed by atoms with Gasteiger partial charge in [0.15, 0.2) is 6.35 Å².